The van der Waals surface area contributed by atoms with Gasteiger partial charge in [-0.15, -0.1) is 0 Å². The number of benzene rings is 1. The second-order valence-corrected chi connectivity index (χ2v) is 7.86. The molecule has 0 saturated heterocycles. The molecule has 0 aromatic heterocycles. The van der Waals surface area contributed by atoms with Crippen LogP contribution in [0.1, 0.15) is 24.8 Å². The molecule has 2 aliphatic rings. The first-order valence-electron chi connectivity index (χ1n) is 6.68. The van der Waals surface area contributed by atoms with Gasteiger partial charge in [-0.05, 0) is 54.9 Å². The Morgan fingerprint density at radius 3 is 2.29 bits per heavy atom. The van der Waals surface area contributed by atoms with Crippen molar-refractivity contribution in [2.24, 2.45) is 11.8 Å². The van der Waals surface area contributed by atoms with Gasteiger partial charge in [0.2, 0.25) is 0 Å². The van der Waals surface area contributed by atoms with Gasteiger partial charge in [-0.3, -0.25) is 0 Å². The molecule has 2 saturated carbocycles. The smallest absolute Gasteiger partial charge is 0.328 e. The lowest BCUT2D eigenvalue weighted by Crippen LogP contribution is -1.98. The van der Waals surface area contributed by atoms with Crippen molar-refractivity contribution < 1.29 is 18.3 Å². The molecule has 3 rings (SSSR count). The number of sulfone groups is 1. The number of carboxylic acids is 1. The van der Waals surface area contributed by atoms with Crippen LogP contribution in [0, 0.1) is 11.8 Å². The zero-order chi connectivity index (χ0) is 15.6. The summed E-state index contributed by atoms with van der Waals surface area (Å²) in [7, 11) is -3.35. The zero-order valence-electron chi connectivity index (χ0n) is 11.6. The molecule has 2 atom stereocenters. The predicted octanol–water partition coefficient (Wildman–Crippen LogP) is 3.26. The van der Waals surface area contributed by atoms with E-state index in [-0.39, 0.29) is 9.92 Å². The highest BCUT2D eigenvalue weighted by atomic mass is 35.5. The number of rotatable bonds is 3. The number of halogens is 1. The van der Waals surface area contributed by atoms with Crippen molar-refractivity contribution in [3.8, 4) is 0 Å². The molecule has 114 valence electrons. The summed E-state index contributed by atoms with van der Waals surface area (Å²) >= 11 is 5.77. The number of aliphatic carboxylic acids is 1. The van der Waals surface area contributed by atoms with E-state index in [9.17, 15) is 13.2 Å². The van der Waals surface area contributed by atoms with Crippen molar-refractivity contribution in [2.75, 3.05) is 6.26 Å². The Morgan fingerprint density at radius 1 is 1.33 bits per heavy atom. The highest BCUT2D eigenvalue weighted by Gasteiger charge is 2.44. The van der Waals surface area contributed by atoms with Crippen molar-refractivity contribution >= 4 is 33.5 Å². The maximum Gasteiger partial charge on any atom is 0.328 e. The molecule has 1 N–H and O–H groups in total. The minimum Gasteiger partial charge on any atom is -0.478 e. The van der Waals surface area contributed by atoms with Gasteiger partial charge in [-0.1, -0.05) is 17.7 Å². The molecule has 0 radical (unpaired) electrons. The van der Waals surface area contributed by atoms with Gasteiger partial charge in [0.05, 0.1) is 9.92 Å². The molecule has 2 aliphatic carbocycles. The SMILES string of the molecule is C1CC2CC12.CS(=O)(=O)c1ccc(C=CC(=O)O)cc1Cl. The van der Waals surface area contributed by atoms with E-state index in [0.717, 1.165) is 12.3 Å². The Morgan fingerprint density at radius 2 is 1.95 bits per heavy atom. The van der Waals surface area contributed by atoms with E-state index in [1.807, 2.05) is 0 Å². The second-order valence-electron chi connectivity index (χ2n) is 5.47. The molecule has 4 nitrogen and oxygen atoms in total. The average molecular weight is 329 g/mol. The first-order valence-corrected chi connectivity index (χ1v) is 8.95. The van der Waals surface area contributed by atoms with Gasteiger partial charge in [0, 0.05) is 12.3 Å². The van der Waals surface area contributed by atoms with Gasteiger partial charge in [-0.25, -0.2) is 13.2 Å². The number of hydrogen-bond acceptors (Lipinski definition) is 3. The predicted molar refractivity (Wildman–Crippen MR) is 82.1 cm³/mol. The standard InChI is InChI=1S/C10H9ClO4S.C5H8/c1-16(14,15)9-4-2-7(6-8(9)11)3-5-10(12)13;1-2-5-3-4(1)5/h2-6H,1H3,(H,12,13);4-5H,1-3H2. The van der Waals surface area contributed by atoms with Gasteiger partial charge in [0.15, 0.2) is 9.84 Å². The fourth-order valence-electron chi connectivity index (χ4n) is 2.27. The molecule has 0 amide bonds. The highest BCUT2D eigenvalue weighted by Crippen LogP contribution is 2.55. The van der Waals surface area contributed by atoms with E-state index < -0.39 is 15.8 Å². The fourth-order valence-corrected chi connectivity index (χ4v) is 3.61. The third kappa shape index (κ3) is 4.58. The highest BCUT2D eigenvalue weighted by molar-refractivity contribution is 7.90. The van der Waals surface area contributed by atoms with Crippen LogP contribution in [0.25, 0.3) is 6.08 Å². The quantitative estimate of drug-likeness (QED) is 0.864. The largest absolute Gasteiger partial charge is 0.478 e. The maximum absolute atomic E-state index is 11.2. The first-order chi connectivity index (χ1) is 9.77. The van der Waals surface area contributed by atoms with Crippen molar-refractivity contribution in [1.29, 1.82) is 0 Å². The minimum absolute atomic E-state index is 0.0293. The molecule has 21 heavy (non-hydrogen) atoms. The second kappa shape index (κ2) is 6.20. The van der Waals surface area contributed by atoms with Gasteiger partial charge in [0.25, 0.3) is 0 Å². The molecule has 1 aromatic rings. The Hall–Kier alpha value is -1.33. The van der Waals surface area contributed by atoms with E-state index >= 15 is 0 Å². The fraction of sp³-hybridized carbons (Fsp3) is 0.400. The summed E-state index contributed by atoms with van der Waals surface area (Å²) in [5.41, 5.74) is 0.528. The van der Waals surface area contributed by atoms with E-state index in [0.29, 0.717) is 5.56 Å². The van der Waals surface area contributed by atoms with Crippen molar-refractivity contribution in [2.45, 2.75) is 24.2 Å². The third-order valence-electron chi connectivity index (χ3n) is 3.75. The van der Waals surface area contributed by atoms with Crippen LogP contribution < -0.4 is 0 Å². The third-order valence-corrected chi connectivity index (χ3v) is 5.33. The number of fused-ring (bicyclic) bond motifs is 1. The van der Waals surface area contributed by atoms with Crippen LogP contribution in [-0.2, 0) is 14.6 Å². The minimum atomic E-state index is -3.35. The molecule has 0 heterocycles. The summed E-state index contributed by atoms with van der Waals surface area (Å²) in [4.78, 5) is 10.3. The maximum atomic E-state index is 11.2. The molecular formula is C15H17ClO4S. The van der Waals surface area contributed by atoms with Crippen LogP contribution in [0.3, 0.4) is 0 Å². The van der Waals surface area contributed by atoms with E-state index in [2.05, 4.69) is 0 Å². The van der Waals surface area contributed by atoms with Gasteiger partial charge in [-0.2, -0.15) is 0 Å². The Balaban J connectivity index is 0.000000262. The Bertz CT molecular complexity index is 667. The van der Waals surface area contributed by atoms with Crippen LogP contribution in [0.4, 0.5) is 0 Å². The van der Waals surface area contributed by atoms with Crippen molar-refractivity contribution in [3.05, 3.63) is 34.9 Å². The summed E-state index contributed by atoms with van der Waals surface area (Å²) in [5, 5.41) is 8.49. The lowest BCUT2D eigenvalue weighted by molar-refractivity contribution is -0.131. The Kier molecular flexibility index (Phi) is 4.74. The van der Waals surface area contributed by atoms with Crippen LogP contribution >= 0.6 is 11.6 Å². The summed E-state index contributed by atoms with van der Waals surface area (Å²) in [6.07, 6.45) is 8.04. The zero-order valence-corrected chi connectivity index (χ0v) is 13.2. The van der Waals surface area contributed by atoms with Gasteiger partial charge >= 0.3 is 5.97 Å². The van der Waals surface area contributed by atoms with E-state index in [1.54, 1.807) is 19.3 Å². The summed E-state index contributed by atoms with van der Waals surface area (Å²) in [6.45, 7) is 0. The molecule has 6 heteroatoms. The Labute approximate surface area is 129 Å². The van der Waals surface area contributed by atoms with Crippen molar-refractivity contribution in [1.82, 2.24) is 0 Å². The lowest BCUT2D eigenvalue weighted by atomic mass is 10.0. The van der Waals surface area contributed by atoms with Crippen LogP contribution in [0.15, 0.2) is 29.2 Å². The summed E-state index contributed by atoms with van der Waals surface area (Å²) in [6, 6.07) is 4.23. The molecule has 0 aliphatic heterocycles. The normalized spacial score (nSPS) is 22.8. The topological polar surface area (TPSA) is 71.4 Å². The summed E-state index contributed by atoms with van der Waals surface area (Å²) in [5.74, 6) is 1.38. The lowest BCUT2D eigenvalue weighted by Gasteiger charge is -2.04. The van der Waals surface area contributed by atoms with Crippen LogP contribution in [-0.4, -0.2) is 25.7 Å². The van der Waals surface area contributed by atoms with Gasteiger partial charge in [0.1, 0.15) is 0 Å². The molecule has 2 fully saturated rings. The molecule has 0 spiro atoms. The first kappa shape index (κ1) is 16.0. The van der Waals surface area contributed by atoms with Crippen LogP contribution in [0.2, 0.25) is 5.02 Å². The van der Waals surface area contributed by atoms with E-state index in [1.165, 1.54) is 36.1 Å². The molecule has 1 aromatic carbocycles. The van der Waals surface area contributed by atoms with E-state index in [4.69, 9.17) is 16.7 Å². The monoisotopic (exact) mass is 328 g/mol. The van der Waals surface area contributed by atoms with Crippen molar-refractivity contribution in [3.63, 3.8) is 0 Å². The average Bonchev–Trinajstić information content (AvgIpc) is 2.92. The number of hydrogen-bond donors (Lipinski definition) is 1. The molecule has 0 bridgehead atoms. The molecular weight excluding hydrogens is 312 g/mol. The number of carboxylic acid groups (broad SMARTS) is 1. The molecule has 2 unspecified atom stereocenters. The van der Waals surface area contributed by atoms with Gasteiger partial charge < -0.3 is 5.11 Å². The van der Waals surface area contributed by atoms with Crippen LogP contribution in [0.5, 0.6) is 0 Å². The number of carbonyl (C=O) groups is 1. The summed E-state index contributed by atoms with van der Waals surface area (Å²) < 4.78 is 22.5.